The van der Waals surface area contributed by atoms with Crippen molar-refractivity contribution in [3.63, 3.8) is 0 Å². The highest BCUT2D eigenvalue weighted by Gasteiger charge is 2.11. The number of rotatable bonds is 2. The van der Waals surface area contributed by atoms with Crippen molar-refractivity contribution in [2.75, 3.05) is 0 Å². The third-order valence-corrected chi connectivity index (χ3v) is 2.63. The van der Waals surface area contributed by atoms with Crippen molar-refractivity contribution in [2.45, 2.75) is 6.42 Å². The Labute approximate surface area is 104 Å². The second kappa shape index (κ2) is 4.44. The predicted octanol–water partition coefficient (Wildman–Crippen LogP) is 3.06. The molecule has 2 rings (SSSR count). The highest BCUT2D eigenvalue weighted by molar-refractivity contribution is 14.1. The van der Waals surface area contributed by atoms with Gasteiger partial charge in [-0.3, -0.25) is 0 Å². The van der Waals surface area contributed by atoms with Crippen molar-refractivity contribution < 1.29 is 8.91 Å². The van der Waals surface area contributed by atoms with Crippen LogP contribution in [0.15, 0.2) is 22.7 Å². The summed E-state index contributed by atoms with van der Waals surface area (Å²) in [6, 6.07) is 4.53. The van der Waals surface area contributed by atoms with Crippen LogP contribution in [0.1, 0.15) is 11.5 Å². The first-order chi connectivity index (χ1) is 7.16. The number of nitrogens with zero attached hydrogens (tertiary/aromatic N) is 2. The summed E-state index contributed by atoms with van der Waals surface area (Å²) in [7, 11) is 0. The summed E-state index contributed by atoms with van der Waals surface area (Å²) >= 11 is 7.77. The number of hydrogen-bond donors (Lipinski definition) is 0. The molecule has 1 aromatic heterocycles. The highest BCUT2D eigenvalue weighted by Crippen LogP contribution is 2.21. The van der Waals surface area contributed by atoms with E-state index in [1.807, 2.05) is 22.6 Å². The molecule has 0 unspecified atom stereocenters. The van der Waals surface area contributed by atoms with E-state index in [0.29, 0.717) is 20.3 Å². The highest BCUT2D eigenvalue weighted by atomic mass is 127. The number of hydrogen-bond acceptors (Lipinski definition) is 3. The van der Waals surface area contributed by atoms with Crippen molar-refractivity contribution in [1.29, 1.82) is 0 Å². The molecule has 0 N–H and O–H groups in total. The fourth-order valence-corrected chi connectivity index (χ4v) is 1.76. The van der Waals surface area contributed by atoms with Gasteiger partial charge in [-0.05, 0) is 12.1 Å². The maximum absolute atomic E-state index is 13.4. The summed E-state index contributed by atoms with van der Waals surface area (Å²) in [4.78, 5) is 3.97. The van der Waals surface area contributed by atoms with E-state index >= 15 is 0 Å². The maximum Gasteiger partial charge on any atom is 0.232 e. The third-order valence-electron chi connectivity index (χ3n) is 1.83. The van der Waals surface area contributed by atoms with Gasteiger partial charge in [-0.2, -0.15) is 4.98 Å². The molecule has 0 radical (unpaired) electrons. The molecule has 0 amide bonds. The Morgan fingerprint density at radius 1 is 1.47 bits per heavy atom. The average Bonchev–Trinajstić information content (AvgIpc) is 2.58. The van der Waals surface area contributed by atoms with Crippen LogP contribution in [0.2, 0.25) is 5.02 Å². The zero-order chi connectivity index (χ0) is 10.8. The fourth-order valence-electron chi connectivity index (χ4n) is 1.16. The van der Waals surface area contributed by atoms with Crippen LogP contribution in [-0.2, 0) is 6.42 Å². The van der Waals surface area contributed by atoms with Gasteiger partial charge in [-0.1, -0.05) is 22.8 Å². The van der Waals surface area contributed by atoms with Gasteiger partial charge in [0.1, 0.15) is 5.82 Å². The van der Waals surface area contributed by atoms with Crippen molar-refractivity contribution in [3.05, 3.63) is 44.3 Å². The number of benzene rings is 1. The van der Waals surface area contributed by atoms with Gasteiger partial charge < -0.3 is 4.52 Å². The Hall–Kier alpha value is -0.690. The largest absolute Gasteiger partial charge is 0.338 e. The second-order valence-electron chi connectivity index (χ2n) is 2.83. The first-order valence-corrected chi connectivity index (χ1v) is 5.53. The van der Waals surface area contributed by atoms with Gasteiger partial charge >= 0.3 is 0 Å². The van der Waals surface area contributed by atoms with Crippen molar-refractivity contribution in [3.8, 4) is 0 Å². The lowest BCUT2D eigenvalue weighted by Crippen LogP contribution is -1.94. The summed E-state index contributed by atoms with van der Waals surface area (Å²) in [5.41, 5.74) is 0.374. The molecular formula is C9H5ClFIN2O. The Balaban J connectivity index is 2.31. The monoisotopic (exact) mass is 338 g/mol. The number of halogens is 3. The summed E-state index contributed by atoms with van der Waals surface area (Å²) < 4.78 is 18.7. The zero-order valence-electron chi connectivity index (χ0n) is 7.38. The fraction of sp³-hybridized carbons (Fsp3) is 0.111. The Bertz CT molecular complexity index is 468. The summed E-state index contributed by atoms with van der Waals surface area (Å²) in [5, 5.41) is 3.97. The minimum absolute atomic E-state index is 0.210. The molecule has 0 aliphatic carbocycles. The molecule has 6 heteroatoms. The predicted molar refractivity (Wildman–Crippen MR) is 61.2 cm³/mol. The van der Waals surface area contributed by atoms with E-state index < -0.39 is 0 Å². The van der Waals surface area contributed by atoms with Crippen LogP contribution < -0.4 is 0 Å². The van der Waals surface area contributed by atoms with Crippen LogP contribution in [-0.4, -0.2) is 10.1 Å². The molecule has 15 heavy (non-hydrogen) atoms. The van der Waals surface area contributed by atoms with E-state index in [0.717, 1.165) is 0 Å². The molecule has 0 spiro atoms. The van der Waals surface area contributed by atoms with Crippen LogP contribution in [0.4, 0.5) is 4.39 Å². The smallest absolute Gasteiger partial charge is 0.232 e. The molecule has 0 aliphatic heterocycles. The molecule has 0 saturated carbocycles. The lowest BCUT2D eigenvalue weighted by molar-refractivity contribution is 0.380. The van der Waals surface area contributed by atoms with Gasteiger partial charge in [0.2, 0.25) is 9.72 Å². The Kier molecular flexibility index (Phi) is 3.20. The Morgan fingerprint density at radius 3 is 2.87 bits per heavy atom. The topological polar surface area (TPSA) is 38.9 Å². The average molecular weight is 339 g/mol. The standard InChI is InChI=1S/C9H5ClFIN2O/c10-6-2-1-3-7(11)5(6)4-8-13-9(12)14-15-8/h1-3H,4H2. The first-order valence-electron chi connectivity index (χ1n) is 4.08. The van der Waals surface area contributed by atoms with Gasteiger partial charge in [0.25, 0.3) is 0 Å². The maximum atomic E-state index is 13.4. The second-order valence-corrected chi connectivity index (χ2v) is 4.21. The number of aromatic nitrogens is 2. The van der Waals surface area contributed by atoms with E-state index in [1.165, 1.54) is 6.07 Å². The Morgan fingerprint density at radius 2 is 2.27 bits per heavy atom. The molecule has 1 heterocycles. The van der Waals surface area contributed by atoms with Gasteiger partial charge in [-0.25, -0.2) is 4.39 Å². The van der Waals surface area contributed by atoms with Gasteiger partial charge in [0.15, 0.2) is 0 Å². The molecule has 0 aliphatic rings. The summed E-state index contributed by atoms with van der Waals surface area (Å²) in [6.07, 6.45) is 0.210. The zero-order valence-corrected chi connectivity index (χ0v) is 10.3. The molecular weight excluding hydrogens is 333 g/mol. The van der Waals surface area contributed by atoms with Crippen molar-refractivity contribution in [1.82, 2.24) is 10.1 Å². The van der Waals surface area contributed by atoms with Crippen LogP contribution in [0.3, 0.4) is 0 Å². The minimum Gasteiger partial charge on any atom is -0.338 e. The quantitative estimate of drug-likeness (QED) is 0.790. The molecule has 78 valence electrons. The molecule has 3 nitrogen and oxygen atoms in total. The molecule has 0 atom stereocenters. The van der Waals surface area contributed by atoms with E-state index in [4.69, 9.17) is 16.1 Å². The van der Waals surface area contributed by atoms with Crippen LogP contribution in [0.25, 0.3) is 0 Å². The van der Waals surface area contributed by atoms with Crippen molar-refractivity contribution in [2.24, 2.45) is 0 Å². The van der Waals surface area contributed by atoms with Gasteiger partial charge in [0.05, 0.1) is 6.42 Å². The van der Waals surface area contributed by atoms with Gasteiger partial charge in [-0.15, -0.1) is 0 Å². The van der Waals surface area contributed by atoms with E-state index in [1.54, 1.807) is 12.1 Å². The van der Waals surface area contributed by atoms with E-state index in [2.05, 4.69) is 10.1 Å². The van der Waals surface area contributed by atoms with E-state index in [9.17, 15) is 4.39 Å². The van der Waals surface area contributed by atoms with E-state index in [-0.39, 0.29) is 12.2 Å². The first kappa shape index (κ1) is 10.8. The molecule has 1 aromatic carbocycles. The van der Waals surface area contributed by atoms with Gasteiger partial charge in [0, 0.05) is 33.2 Å². The summed E-state index contributed by atoms with van der Waals surface area (Å²) in [6.45, 7) is 0. The summed E-state index contributed by atoms with van der Waals surface area (Å²) in [5.74, 6) is -0.0119. The SMILES string of the molecule is Fc1cccc(Cl)c1Cc1nc(I)no1. The molecule has 2 aromatic rings. The molecule has 0 fully saturated rings. The van der Waals surface area contributed by atoms with Crippen LogP contribution in [0, 0.1) is 9.65 Å². The third kappa shape index (κ3) is 2.46. The lowest BCUT2D eigenvalue weighted by Gasteiger charge is -2.01. The minimum atomic E-state index is -0.365. The molecule has 0 bridgehead atoms. The normalized spacial score (nSPS) is 10.6. The van der Waals surface area contributed by atoms with Crippen molar-refractivity contribution >= 4 is 34.2 Å². The molecule has 0 saturated heterocycles. The lowest BCUT2D eigenvalue weighted by atomic mass is 10.1. The van der Waals surface area contributed by atoms with Crippen LogP contribution >= 0.6 is 34.2 Å². The van der Waals surface area contributed by atoms with Crippen LogP contribution in [0.5, 0.6) is 0 Å².